The van der Waals surface area contributed by atoms with Gasteiger partial charge in [-0.05, 0) is 62.3 Å². The molecular weight excluding hydrogens is 220 g/mol. The van der Waals surface area contributed by atoms with Gasteiger partial charge in [0.15, 0.2) is 0 Å². The summed E-state index contributed by atoms with van der Waals surface area (Å²) >= 11 is 0. The molecule has 1 aliphatic rings. The van der Waals surface area contributed by atoms with E-state index in [-0.39, 0.29) is 0 Å². The number of nitrogens with one attached hydrogen (secondary N) is 1. The molecule has 0 aromatic heterocycles. The molecule has 0 radical (unpaired) electrons. The van der Waals surface area contributed by atoms with Gasteiger partial charge >= 0.3 is 0 Å². The second-order valence-electron chi connectivity index (χ2n) is 5.54. The molecule has 2 nitrogen and oxygen atoms in total. The van der Waals surface area contributed by atoms with Crippen LogP contribution >= 0.6 is 0 Å². The third-order valence-corrected chi connectivity index (χ3v) is 4.04. The van der Waals surface area contributed by atoms with Crippen LogP contribution in [0.2, 0.25) is 0 Å². The maximum absolute atomic E-state index is 5.73. The monoisotopic (exact) mass is 246 g/mol. The third kappa shape index (κ3) is 3.74. The molecule has 1 aliphatic carbocycles. The van der Waals surface area contributed by atoms with Gasteiger partial charge < -0.3 is 11.1 Å². The summed E-state index contributed by atoms with van der Waals surface area (Å²) in [5, 5.41) is 3.65. The van der Waals surface area contributed by atoms with E-state index in [0.717, 1.165) is 12.5 Å². The summed E-state index contributed by atoms with van der Waals surface area (Å²) in [6.07, 6.45) is 7.49. The Morgan fingerprint density at radius 3 is 2.33 bits per heavy atom. The van der Waals surface area contributed by atoms with Crippen molar-refractivity contribution in [1.82, 2.24) is 0 Å². The summed E-state index contributed by atoms with van der Waals surface area (Å²) in [6, 6.07) is 9.58. The molecule has 1 fully saturated rings. The predicted molar refractivity (Wildman–Crippen MR) is 78.9 cm³/mol. The molecule has 18 heavy (non-hydrogen) atoms. The highest BCUT2D eigenvalue weighted by Gasteiger charge is 2.19. The molecule has 1 saturated carbocycles. The smallest absolute Gasteiger partial charge is 0.0342 e. The molecule has 0 aliphatic heterocycles. The molecular formula is C16H26N2. The van der Waals surface area contributed by atoms with E-state index in [2.05, 4.69) is 36.5 Å². The van der Waals surface area contributed by atoms with E-state index in [1.165, 1.54) is 49.8 Å². The average Bonchev–Trinajstić information content (AvgIpc) is 2.42. The lowest BCUT2D eigenvalue weighted by molar-refractivity contribution is 0.345. The number of aryl methyl sites for hydroxylation is 1. The van der Waals surface area contributed by atoms with Gasteiger partial charge in [-0.25, -0.2) is 0 Å². The number of benzene rings is 1. The summed E-state index contributed by atoms with van der Waals surface area (Å²) in [6.45, 7) is 3.08. The topological polar surface area (TPSA) is 38.0 Å². The van der Waals surface area contributed by atoms with Gasteiger partial charge in [0.1, 0.15) is 0 Å². The Hall–Kier alpha value is -1.02. The van der Waals surface area contributed by atoms with Crippen LogP contribution in [0.25, 0.3) is 0 Å². The first kappa shape index (κ1) is 13.4. The van der Waals surface area contributed by atoms with E-state index in [9.17, 15) is 0 Å². The lowest BCUT2D eigenvalue weighted by atomic mass is 9.86. The molecule has 0 spiro atoms. The van der Waals surface area contributed by atoms with E-state index >= 15 is 0 Å². The van der Waals surface area contributed by atoms with Gasteiger partial charge in [0.2, 0.25) is 0 Å². The Bertz CT molecular complexity index is 337. The van der Waals surface area contributed by atoms with Crippen molar-refractivity contribution in [2.24, 2.45) is 11.7 Å². The summed E-state index contributed by atoms with van der Waals surface area (Å²) in [5.41, 5.74) is 8.44. The number of rotatable bonds is 5. The van der Waals surface area contributed by atoms with Crippen LogP contribution in [0.5, 0.6) is 0 Å². The van der Waals surface area contributed by atoms with Crippen molar-refractivity contribution in [2.45, 2.75) is 51.5 Å². The van der Waals surface area contributed by atoms with Crippen LogP contribution in [0.3, 0.4) is 0 Å². The molecule has 0 atom stereocenters. The standard InChI is InChI=1S/C16H26N2/c1-2-3-13-4-8-15(9-5-13)18-16-10-6-14(12-17)7-11-16/h4-5,8-9,14,16,18H,2-3,6-7,10-12,17H2,1H3. The largest absolute Gasteiger partial charge is 0.382 e. The molecule has 0 heterocycles. The molecule has 1 aromatic carbocycles. The van der Waals surface area contributed by atoms with Crippen LogP contribution in [-0.4, -0.2) is 12.6 Å². The van der Waals surface area contributed by atoms with Crippen molar-refractivity contribution in [3.8, 4) is 0 Å². The van der Waals surface area contributed by atoms with Crippen molar-refractivity contribution in [1.29, 1.82) is 0 Å². The Morgan fingerprint density at radius 1 is 1.11 bits per heavy atom. The quantitative estimate of drug-likeness (QED) is 0.833. The molecule has 0 saturated heterocycles. The second-order valence-corrected chi connectivity index (χ2v) is 5.54. The maximum Gasteiger partial charge on any atom is 0.0342 e. The normalized spacial score (nSPS) is 23.9. The maximum atomic E-state index is 5.73. The van der Waals surface area contributed by atoms with Crippen molar-refractivity contribution in [3.05, 3.63) is 29.8 Å². The summed E-state index contributed by atoms with van der Waals surface area (Å²) in [4.78, 5) is 0. The van der Waals surface area contributed by atoms with Crippen molar-refractivity contribution >= 4 is 5.69 Å². The van der Waals surface area contributed by atoms with Crippen LogP contribution < -0.4 is 11.1 Å². The predicted octanol–water partition coefficient (Wildman–Crippen LogP) is 3.57. The molecule has 2 rings (SSSR count). The zero-order valence-electron chi connectivity index (χ0n) is 11.5. The first-order valence-corrected chi connectivity index (χ1v) is 7.37. The average molecular weight is 246 g/mol. The fourth-order valence-corrected chi connectivity index (χ4v) is 2.83. The minimum absolute atomic E-state index is 0.643. The highest BCUT2D eigenvalue weighted by atomic mass is 14.9. The molecule has 1 aromatic rings. The Labute approximate surface area is 111 Å². The first-order valence-electron chi connectivity index (χ1n) is 7.37. The lowest BCUT2D eigenvalue weighted by Gasteiger charge is -2.29. The number of nitrogens with two attached hydrogens (primary N) is 1. The Kier molecular flexibility index (Phi) is 5.06. The molecule has 0 bridgehead atoms. The Balaban J connectivity index is 1.82. The van der Waals surface area contributed by atoms with E-state index < -0.39 is 0 Å². The number of hydrogen-bond acceptors (Lipinski definition) is 2. The van der Waals surface area contributed by atoms with E-state index in [0.29, 0.717) is 6.04 Å². The summed E-state index contributed by atoms with van der Waals surface area (Å²) in [7, 11) is 0. The lowest BCUT2D eigenvalue weighted by Crippen LogP contribution is -2.29. The van der Waals surface area contributed by atoms with E-state index in [4.69, 9.17) is 5.73 Å². The number of hydrogen-bond donors (Lipinski definition) is 2. The molecule has 0 unspecified atom stereocenters. The highest BCUT2D eigenvalue weighted by Crippen LogP contribution is 2.26. The van der Waals surface area contributed by atoms with Crippen LogP contribution in [0, 0.1) is 5.92 Å². The van der Waals surface area contributed by atoms with Crippen LogP contribution in [-0.2, 0) is 6.42 Å². The van der Waals surface area contributed by atoms with Gasteiger partial charge in [-0.15, -0.1) is 0 Å². The fraction of sp³-hybridized carbons (Fsp3) is 0.625. The summed E-state index contributed by atoms with van der Waals surface area (Å²) < 4.78 is 0. The molecule has 2 heteroatoms. The zero-order chi connectivity index (χ0) is 12.8. The number of anilines is 1. The van der Waals surface area contributed by atoms with E-state index in [1.54, 1.807) is 0 Å². The third-order valence-electron chi connectivity index (χ3n) is 4.04. The van der Waals surface area contributed by atoms with Gasteiger partial charge in [0, 0.05) is 11.7 Å². The fourth-order valence-electron chi connectivity index (χ4n) is 2.83. The van der Waals surface area contributed by atoms with Gasteiger partial charge in [-0.1, -0.05) is 25.5 Å². The highest BCUT2D eigenvalue weighted by molar-refractivity contribution is 5.45. The van der Waals surface area contributed by atoms with Crippen molar-refractivity contribution in [3.63, 3.8) is 0 Å². The van der Waals surface area contributed by atoms with Gasteiger partial charge in [-0.3, -0.25) is 0 Å². The minimum Gasteiger partial charge on any atom is -0.382 e. The van der Waals surface area contributed by atoms with Gasteiger partial charge in [0.25, 0.3) is 0 Å². The van der Waals surface area contributed by atoms with Crippen LogP contribution in [0.4, 0.5) is 5.69 Å². The van der Waals surface area contributed by atoms with Gasteiger partial charge in [-0.2, -0.15) is 0 Å². The molecule has 100 valence electrons. The van der Waals surface area contributed by atoms with E-state index in [1.807, 2.05) is 0 Å². The van der Waals surface area contributed by atoms with Crippen molar-refractivity contribution < 1.29 is 0 Å². The van der Waals surface area contributed by atoms with Crippen LogP contribution in [0.1, 0.15) is 44.6 Å². The van der Waals surface area contributed by atoms with Crippen molar-refractivity contribution in [2.75, 3.05) is 11.9 Å². The van der Waals surface area contributed by atoms with Crippen LogP contribution in [0.15, 0.2) is 24.3 Å². The van der Waals surface area contributed by atoms with Gasteiger partial charge in [0.05, 0.1) is 0 Å². The first-order chi connectivity index (χ1) is 8.81. The zero-order valence-corrected chi connectivity index (χ0v) is 11.5. The second kappa shape index (κ2) is 6.79. The molecule has 0 amide bonds. The molecule has 3 N–H and O–H groups in total. The Morgan fingerprint density at radius 2 is 1.78 bits per heavy atom. The minimum atomic E-state index is 0.643. The SMILES string of the molecule is CCCc1ccc(NC2CCC(CN)CC2)cc1. The summed E-state index contributed by atoms with van der Waals surface area (Å²) in [5.74, 6) is 0.759.